The zero-order valence-electron chi connectivity index (χ0n) is 11.6. The molecule has 2 unspecified atom stereocenters. The van der Waals surface area contributed by atoms with E-state index in [0.29, 0.717) is 17.3 Å². The summed E-state index contributed by atoms with van der Waals surface area (Å²) in [5.41, 5.74) is 1.50. The summed E-state index contributed by atoms with van der Waals surface area (Å²) >= 11 is 6.11. The summed E-state index contributed by atoms with van der Waals surface area (Å²) in [5.74, 6) is 0.0910. The van der Waals surface area contributed by atoms with E-state index in [9.17, 15) is 9.59 Å². The number of amides is 3. The largest absolute Gasteiger partial charge is 0.332 e. The first-order chi connectivity index (χ1) is 9.50. The zero-order chi connectivity index (χ0) is 14.4. The molecule has 0 radical (unpaired) electrons. The number of piperidine rings is 1. The molecule has 2 saturated heterocycles. The standard InChI is InChI=1S/C15H17ClN2O2/c1-9-5-6-11(8-12(9)16)18-14(19)13-10(2)4-3-7-17(13)15(18)20/h5-6,8,10,13H,3-4,7H2,1-2H3. The van der Waals surface area contributed by atoms with Gasteiger partial charge in [-0.25, -0.2) is 9.69 Å². The molecule has 0 saturated carbocycles. The highest BCUT2D eigenvalue weighted by Gasteiger charge is 2.49. The van der Waals surface area contributed by atoms with E-state index in [1.807, 2.05) is 19.9 Å². The highest BCUT2D eigenvalue weighted by molar-refractivity contribution is 6.32. The predicted molar refractivity (Wildman–Crippen MR) is 78.0 cm³/mol. The van der Waals surface area contributed by atoms with Crippen LogP contribution < -0.4 is 4.90 Å². The zero-order valence-corrected chi connectivity index (χ0v) is 12.4. The first-order valence-corrected chi connectivity index (χ1v) is 7.29. The van der Waals surface area contributed by atoms with Crippen LogP contribution in [0, 0.1) is 12.8 Å². The Labute approximate surface area is 123 Å². The molecule has 1 aromatic carbocycles. The number of hydrogen-bond donors (Lipinski definition) is 0. The Hall–Kier alpha value is -1.55. The number of urea groups is 1. The highest BCUT2D eigenvalue weighted by atomic mass is 35.5. The van der Waals surface area contributed by atoms with Gasteiger partial charge in [0.15, 0.2) is 0 Å². The van der Waals surface area contributed by atoms with Crippen LogP contribution in [0.3, 0.4) is 0 Å². The van der Waals surface area contributed by atoms with Gasteiger partial charge in [-0.2, -0.15) is 0 Å². The van der Waals surface area contributed by atoms with Crippen molar-refractivity contribution < 1.29 is 9.59 Å². The molecule has 20 heavy (non-hydrogen) atoms. The molecule has 3 rings (SSSR count). The molecule has 0 aromatic heterocycles. The molecule has 2 heterocycles. The number of carbonyl (C=O) groups excluding carboxylic acids is 2. The number of fused-ring (bicyclic) bond motifs is 1. The SMILES string of the molecule is Cc1ccc(N2C(=O)C3C(C)CCCN3C2=O)cc1Cl. The molecule has 0 bridgehead atoms. The number of rotatable bonds is 1. The van der Waals surface area contributed by atoms with Crippen LogP contribution in [0.15, 0.2) is 18.2 Å². The van der Waals surface area contributed by atoms with Gasteiger partial charge in [-0.3, -0.25) is 4.79 Å². The lowest BCUT2D eigenvalue weighted by Crippen LogP contribution is -2.44. The summed E-state index contributed by atoms with van der Waals surface area (Å²) in [6.07, 6.45) is 1.95. The van der Waals surface area contributed by atoms with Crippen molar-refractivity contribution in [3.8, 4) is 0 Å². The van der Waals surface area contributed by atoms with Gasteiger partial charge >= 0.3 is 6.03 Å². The maximum atomic E-state index is 12.6. The van der Waals surface area contributed by atoms with Crippen molar-refractivity contribution in [2.45, 2.75) is 32.7 Å². The lowest BCUT2D eigenvalue weighted by Gasteiger charge is -2.31. The molecule has 0 aliphatic carbocycles. The van der Waals surface area contributed by atoms with Crippen LogP contribution in [0.4, 0.5) is 10.5 Å². The van der Waals surface area contributed by atoms with Crippen molar-refractivity contribution in [3.05, 3.63) is 28.8 Å². The van der Waals surface area contributed by atoms with Crippen molar-refractivity contribution in [2.24, 2.45) is 5.92 Å². The number of nitrogens with zero attached hydrogens (tertiary/aromatic N) is 2. The Morgan fingerprint density at radius 2 is 2.05 bits per heavy atom. The van der Waals surface area contributed by atoms with E-state index >= 15 is 0 Å². The number of aryl methyl sites for hydroxylation is 1. The van der Waals surface area contributed by atoms with Crippen LogP contribution in [-0.4, -0.2) is 29.4 Å². The van der Waals surface area contributed by atoms with Gasteiger partial charge < -0.3 is 4.90 Å². The fourth-order valence-electron chi connectivity index (χ4n) is 3.09. The molecule has 3 amide bonds. The lowest BCUT2D eigenvalue weighted by molar-refractivity contribution is -0.121. The summed E-state index contributed by atoms with van der Waals surface area (Å²) in [7, 11) is 0. The number of anilines is 1. The van der Waals surface area contributed by atoms with E-state index in [-0.39, 0.29) is 23.9 Å². The number of imide groups is 1. The van der Waals surface area contributed by atoms with E-state index in [2.05, 4.69) is 0 Å². The Bertz CT molecular complexity index is 587. The van der Waals surface area contributed by atoms with Crippen molar-refractivity contribution in [2.75, 3.05) is 11.4 Å². The second-order valence-corrected chi connectivity index (χ2v) is 6.05. The molecule has 106 valence electrons. The average molecular weight is 293 g/mol. The highest BCUT2D eigenvalue weighted by Crippen LogP contribution is 2.34. The Balaban J connectivity index is 1.99. The number of carbonyl (C=O) groups is 2. The average Bonchev–Trinajstić information content (AvgIpc) is 2.67. The fraction of sp³-hybridized carbons (Fsp3) is 0.467. The van der Waals surface area contributed by atoms with Crippen LogP contribution in [0.2, 0.25) is 5.02 Å². The minimum absolute atomic E-state index is 0.123. The van der Waals surface area contributed by atoms with Gasteiger partial charge in [0.25, 0.3) is 5.91 Å². The second kappa shape index (κ2) is 4.77. The third kappa shape index (κ3) is 1.90. The summed E-state index contributed by atoms with van der Waals surface area (Å²) in [4.78, 5) is 28.0. The van der Waals surface area contributed by atoms with Gasteiger partial charge in [0, 0.05) is 11.6 Å². The first-order valence-electron chi connectivity index (χ1n) is 6.91. The second-order valence-electron chi connectivity index (χ2n) is 5.65. The van der Waals surface area contributed by atoms with Gasteiger partial charge in [0.05, 0.1) is 5.69 Å². The van der Waals surface area contributed by atoms with Gasteiger partial charge in [-0.1, -0.05) is 24.6 Å². The summed E-state index contributed by atoms with van der Waals surface area (Å²) in [6.45, 7) is 4.59. The molecule has 2 fully saturated rings. The molecule has 0 N–H and O–H groups in total. The van der Waals surface area contributed by atoms with Crippen LogP contribution in [-0.2, 0) is 4.79 Å². The Kier molecular flexibility index (Phi) is 3.21. The Morgan fingerprint density at radius 1 is 1.30 bits per heavy atom. The van der Waals surface area contributed by atoms with Gasteiger partial charge in [-0.05, 0) is 43.4 Å². The molecule has 2 aliphatic heterocycles. The maximum Gasteiger partial charge on any atom is 0.332 e. The number of hydrogen-bond acceptors (Lipinski definition) is 2. The van der Waals surface area contributed by atoms with E-state index < -0.39 is 0 Å². The minimum Gasteiger partial charge on any atom is -0.312 e. The Morgan fingerprint density at radius 3 is 2.70 bits per heavy atom. The molecular weight excluding hydrogens is 276 g/mol. The molecule has 1 aromatic rings. The van der Waals surface area contributed by atoms with Crippen LogP contribution >= 0.6 is 11.6 Å². The quantitative estimate of drug-likeness (QED) is 0.746. The fourth-order valence-corrected chi connectivity index (χ4v) is 3.27. The smallest absolute Gasteiger partial charge is 0.312 e. The van der Waals surface area contributed by atoms with Crippen LogP contribution in [0.5, 0.6) is 0 Å². The molecular formula is C15H17ClN2O2. The third-order valence-corrected chi connectivity index (χ3v) is 4.66. The van der Waals surface area contributed by atoms with Gasteiger partial charge in [0.2, 0.25) is 0 Å². The van der Waals surface area contributed by atoms with E-state index in [4.69, 9.17) is 11.6 Å². The van der Waals surface area contributed by atoms with Crippen molar-refractivity contribution in [3.63, 3.8) is 0 Å². The summed E-state index contributed by atoms with van der Waals surface area (Å²) in [5, 5.41) is 0.570. The van der Waals surface area contributed by atoms with E-state index in [0.717, 1.165) is 18.4 Å². The molecule has 5 heteroatoms. The first kappa shape index (κ1) is 13.4. The minimum atomic E-state index is -0.309. The normalized spacial score (nSPS) is 26.1. The van der Waals surface area contributed by atoms with Crippen molar-refractivity contribution in [1.29, 1.82) is 0 Å². The van der Waals surface area contributed by atoms with E-state index in [1.165, 1.54) is 4.90 Å². The topological polar surface area (TPSA) is 40.6 Å². The molecule has 4 nitrogen and oxygen atoms in total. The van der Waals surface area contributed by atoms with Crippen LogP contribution in [0.1, 0.15) is 25.3 Å². The van der Waals surface area contributed by atoms with Crippen molar-refractivity contribution >= 4 is 29.2 Å². The number of benzene rings is 1. The summed E-state index contributed by atoms with van der Waals surface area (Å²) in [6, 6.07) is 4.78. The van der Waals surface area contributed by atoms with E-state index in [1.54, 1.807) is 17.0 Å². The van der Waals surface area contributed by atoms with Crippen LogP contribution in [0.25, 0.3) is 0 Å². The molecule has 0 spiro atoms. The predicted octanol–water partition coefficient (Wildman–Crippen LogP) is 3.22. The maximum absolute atomic E-state index is 12.6. The monoisotopic (exact) mass is 292 g/mol. The summed E-state index contributed by atoms with van der Waals surface area (Å²) < 4.78 is 0. The van der Waals surface area contributed by atoms with Gasteiger partial charge in [-0.15, -0.1) is 0 Å². The lowest BCUT2D eigenvalue weighted by atomic mass is 9.91. The number of halogens is 1. The third-order valence-electron chi connectivity index (χ3n) is 4.26. The molecule has 2 atom stereocenters. The van der Waals surface area contributed by atoms with Gasteiger partial charge in [0.1, 0.15) is 6.04 Å². The molecule has 2 aliphatic rings. The van der Waals surface area contributed by atoms with Crippen molar-refractivity contribution in [1.82, 2.24) is 4.90 Å².